The number of thioether (sulfide) groups is 1. The molecule has 2 atom stereocenters. The Kier molecular flexibility index (Phi) is 9.22. The lowest BCUT2D eigenvalue weighted by atomic mass is 9.89. The Morgan fingerprint density at radius 3 is 1.43 bits per heavy atom. The average molecular weight is 1020 g/mol. The third-order valence-electron chi connectivity index (χ3n) is 15.9. The summed E-state index contributed by atoms with van der Waals surface area (Å²) in [5.41, 5.74) is 12.9. The van der Waals surface area contributed by atoms with Gasteiger partial charge in [-0.15, -0.1) is 23.1 Å². The van der Waals surface area contributed by atoms with Crippen molar-refractivity contribution >= 4 is 111 Å². The second kappa shape index (κ2) is 16.5. The molecule has 7 nitrogen and oxygen atoms in total. The number of aromatic nitrogens is 7. The van der Waals surface area contributed by atoms with Gasteiger partial charge in [0.05, 0.1) is 38.8 Å². The van der Waals surface area contributed by atoms with Crippen LogP contribution in [0, 0.1) is 0 Å². The van der Waals surface area contributed by atoms with Crippen molar-refractivity contribution in [1.29, 1.82) is 0 Å². The van der Waals surface area contributed by atoms with Crippen molar-refractivity contribution < 1.29 is 0 Å². The van der Waals surface area contributed by atoms with Crippen LogP contribution in [-0.2, 0) is 0 Å². The molecule has 1 aliphatic carbocycles. The van der Waals surface area contributed by atoms with Gasteiger partial charge in [-0.1, -0.05) is 176 Å². The van der Waals surface area contributed by atoms with Crippen LogP contribution in [0.25, 0.3) is 139 Å². The zero-order valence-electron chi connectivity index (χ0n) is 41.1. The number of fused-ring (bicyclic) bond motifs is 15. The maximum atomic E-state index is 5.65. The highest BCUT2D eigenvalue weighted by molar-refractivity contribution is 8.00. The van der Waals surface area contributed by atoms with Crippen LogP contribution in [0.3, 0.4) is 0 Å². The SMILES string of the molecule is C1=c2sc3c(-c4ccccc4)cccc3c2=CC2Sc3c(-c4nc(-n5c6ccccc6c6ccccc65)nc(-n5c6ccccc6c6ccccc65)n4)cc(-c4cccc(-n5c6ccccc6c6ccccc65)n4)cc3C12. The number of hydrogen-bond donors (Lipinski definition) is 0. The van der Waals surface area contributed by atoms with Crippen LogP contribution < -0.4 is 9.75 Å². The number of hydrogen-bond acceptors (Lipinski definition) is 6. The summed E-state index contributed by atoms with van der Waals surface area (Å²) in [6, 6.07) is 80.2. The lowest BCUT2D eigenvalue weighted by Gasteiger charge is -2.17. The number of para-hydroxylation sites is 6. The molecule has 0 saturated carbocycles. The van der Waals surface area contributed by atoms with E-state index in [4.69, 9.17) is 19.9 Å². The summed E-state index contributed by atoms with van der Waals surface area (Å²) in [6.07, 6.45) is 5.07. The van der Waals surface area contributed by atoms with Crippen LogP contribution in [0.1, 0.15) is 11.5 Å². The van der Waals surface area contributed by atoms with Crippen molar-refractivity contribution in [1.82, 2.24) is 33.6 Å². The molecule has 6 aromatic heterocycles. The lowest BCUT2D eigenvalue weighted by molar-refractivity contribution is 0.889. The molecular weight excluding hydrogens is 979 g/mol. The van der Waals surface area contributed by atoms with Crippen molar-refractivity contribution in [2.24, 2.45) is 0 Å². The molecule has 0 bridgehead atoms. The fourth-order valence-electron chi connectivity index (χ4n) is 12.5. The summed E-state index contributed by atoms with van der Waals surface area (Å²) in [4.78, 5) is 23.6. The maximum Gasteiger partial charge on any atom is 0.240 e. The first-order valence-electron chi connectivity index (χ1n) is 26.0. The van der Waals surface area contributed by atoms with Crippen molar-refractivity contribution in [3.63, 3.8) is 0 Å². The molecule has 2 unspecified atom stereocenters. The van der Waals surface area contributed by atoms with E-state index in [2.05, 4.69) is 250 Å². The van der Waals surface area contributed by atoms with E-state index in [-0.39, 0.29) is 11.2 Å². The highest BCUT2D eigenvalue weighted by Crippen LogP contribution is 2.53. The van der Waals surface area contributed by atoms with Crippen LogP contribution >= 0.6 is 23.1 Å². The second-order valence-electron chi connectivity index (χ2n) is 20.1. The van der Waals surface area contributed by atoms with Crippen LogP contribution in [0.4, 0.5) is 0 Å². The van der Waals surface area contributed by atoms with Gasteiger partial charge < -0.3 is 0 Å². The molecule has 1 aliphatic heterocycles. The molecule has 360 valence electrons. The van der Waals surface area contributed by atoms with Crippen molar-refractivity contribution in [3.8, 4) is 51.5 Å². The molecule has 15 aromatic rings. The molecule has 2 aliphatic rings. The van der Waals surface area contributed by atoms with Crippen molar-refractivity contribution in [2.75, 3.05) is 0 Å². The van der Waals surface area contributed by atoms with Gasteiger partial charge in [-0.05, 0) is 82.6 Å². The lowest BCUT2D eigenvalue weighted by Crippen LogP contribution is -2.28. The molecule has 9 heteroatoms. The topological polar surface area (TPSA) is 66.3 Å². The third-order valence-corrected chi connectivity index (χ3v) is 18.5. The molecule has 7 heterocycles. The van der Waals surface area contributed by atoms with Gasteiger partial charge in [-0.2, -0.15) is 15.0 Å². The molecule has 0 N–H and O–H groups in total. The first-order chi connectivity index (χ1) is 38.2. The van der Waals surface area contributed by atoms with Gasteiger partial charge in [-0.25, -0.2) is 4.98 Å². The van der Waals surface area contributed by atoms with E-state index in [1.165, 1.54) is 52.2 Å². The van der Waals surface area contributed by atoms with Crippen LogP contribution in [0.15, 0.2) is 229 Å². The molecule has 0 fully saturated rings. The standard InChI is InChI=1S/C68H41N7S2/c1-2-18-40(19-3-1)42-26-16-27-49-50-38-62-51(39-61(50)76-64(42)49)52-36-41(54-28-17-35-63(69-54)73-55-29-10-4-20-43(55)44-21-5-11-30-56(44)73)37-53(65(52)77-62)66-70-67(74-57-31-12-6-22-45(57)46-23-7-13-32-58(46)74)72-68(71-66)75-59-33-14-8-24-47(59)48-25-9-15-34-60(48)75/h1-39,51,62H. The summed E-state index contributed by atoms with van der Waals surface area (Å²) in [7, 11) is 0. The van der Waals surface area contributed by atoms with E-state index in [0.29, 0.717) is 17.7 Å². The van der Waals surface area contributed by atoms with E-state index >= 15 is 0 Å². The van der Waals surface area contributed by atoms with Crippen molar-refractivity contribution in [2.45, 2.75) is 16.1 Å². The summed E-state index contributed by atoms with van der Waals surface area (Å²) in [6.45, 7) is 0. The zero-order valence-corrected chi connectivity index (χ0v) is 42.8. The molecular formula is C68H41N7S2. The molecule has 17 rings (SSSR count). The van der Waals surface area contributed by atoms with Crippen molar-refractivity contribution in [3.05, 3.63) is 240 Å². The van der Waals surface area contributed by atoms with Crippen LogP contribution in [0.2, 0.25) is 0 Å². The third kappa shape index (κ3) is 6.38. The Bertz CT molecular complexity index is 4830. The Labute approximate surface area is 449 Å². The summed E-state index contributed by atoms with van der Waals surface area (Å²) < 4.78 is 9.36. The van der Waals surface area contributed by atoms with E-state index in [1.807, 2.05) is 23.1 Å². The molecule has 0 spiro atoms. The maximum absolute atomic E-state index is 5.65. The van der Waals surface area contributed by atoms with Gasteiger partial charge in [-0.3, -0.25) is 13.7 Å². The highest BCUT2D eigenvalue weighted by Gasteiger charge is 2.36. The minimum atomic E-state index is 0.0883. The predicted molar refractivity (Wildman–Crippen MR) is 319 cm³/mol. The van der Waals surface area contributed by atoms with Gasteiger partial charge in [0, 0.05) is 74.1 Å². The Hall–Kier alpha value is -9.41. The molecule has 0 saturated heterocycles. The number of thiophene rings is 1. The zero-order chi connectivity index (χ0) is 50.3. The monoisotopic (exact) mass is 1020 g/mol. The van der Waals surface area contributed by atoms with E-state index in [0.717, 1.165) is 77.3 Å². The van der Waals surface area contributed by atoms with Gasteiger partial charge in [0.1, 0.15) is 5.82 Å². The summed E-state index contributed by atoms with van der Waals surface area (Å²) in [5, 5.41) is 9.71. The molecule has 0 amide bonds. The minimum absolute atomic E-state index is 0.0883. The minimum Gasteiger partial charge on any atom is -0.294 e. The normalized spacial score (nSPS) is 14.9. The Morgan fingerprint density at radius 2 is 0.870 bits per heavy atom. The highest BCUT2D eigenvalue weighted by atomic mass is 32.2. The number of nitrogens with zero attached hydrogens (tertiary/aromatic N) is 7. The quantitative estimate of drug-likeness (QED) is 0.166. The molecule has 77 heavy (non-hydrogen) atoms. The average Bonchev–Trinajstić information content (AvgIpc) is 4.43. The summed E-state index contributed by atoms with van der Waals surface area (Å²) >= 11 is 3.82. The molecule has 0 radical (unpaired) electrons. The Morgan fingerprint density at radius 1 is 0.377 bits per heavy atom. The van der Waals surface area contributed by atoms with E-state index < -0.39 is 0 Å². The van der Waals surface area contributed by atoms with Gasteiger partial charge in [0.2, 0.25) is 11.9 Å². The smallest absolute Gasteiger partial charge is 0.240 e. The van der Waals surface area contributed by atoms with Gasteiger partial charge in [0.25, 0.3) is 0 Å². The van der Waals surface area contributed by atoms with Crippen LogP contribution in [-0.4, -0.2) is 38.9 Å². The molecule has 9 aromatic carbocycles. The predicted octanol–water partition coefficient (Wildman–Crippen LogP) is 15.6. The number of pyridine rings is 1. The first kappa shape index (κ1) is 42.9. The van der Waals surface area contributed by atoms with Gasteiger partial charge >= 0.3 is 0 Å². The van der Waals surface area contributed by atoms with Crippen LogP contribution in [0.5, 0.6) is 0 Å². The number of rotatable bonds is 6. The van der Waals surface area contributed by atoms with E-state index in [9.17, 15) is 0 Å². The van der Waals surface area contributed by atoms with E-state index in [1.54, 1.807) is 0 Å². The second-order valence-corrected chi connectivity index (χ2v) is 22.3. The largest absolute Gasteiger partial charge is 0.294 e. The summed E-state index contributed by atoms with van der Waals surface area (Å²) in [5.74, 6) is 2.65. The van der Waals surface area contributed by atoms with Gasteiger partial charge in [0.15, 0.2) is 5.82 Å². The fraction of sp³-hybridized carbons (Fsp3) is 0.0294. The number of benzene rings is 9. The first-order valence-corrected chi connectivity index (χ1v) is 27.7. The Balaban J connectivity index is 0.937. The fourth-order valence-corrected chi connectivity index (χ4v) is 15.3.